The van der Waals surface area contributed by atoms with E-state index in [1.807, 2.05) is 42.3 Å². The van der Waals surface area contributed by atoms with Crippen LogP contribution in [0.1, 0.15) is 284 Å². The highest BCUT2D eigenvalue weighted by Gasteiger charge is 2.25. The minimum Gasteiger partial charge on any atom is -1.00 e. The molecule has 0 aromatic rings. The van der Waals surface area contributed by atoms with E-state index in [0.29, 0.717) is 73.5 Å². The standard InChI is InChI=1S/C66H126N4O12.2ClH/c1-9-11-31-43-59(81-65(77)49-39-47-63(75)79-55-53-69(3,4)5)57(71)41-33-25-19-13-15-21-27-35-45-61(73)67-51-37-29-23-17-18-24-30-38-52-68-62(74)46-36-28-22-16-14-20-26-34-42-58(72)60(44-32-12-10-2)82-66(78)50-40-48-64(76)80-56-54-70(6,7)8;;/h57-60,71-72H,9-56H2,1-8H3;2*1H. The van der Waals surface area contributed by atoms with E-state index in [0.717, 1.165) is 193 Å². The Balaban J connectivity index is -0.0000328. The highest BCUT2D eigenvalue weighted by molar-refractivity contribution is 5.76. The smallest absolute Gasteiger partial charge is 0.306 e. The van der Waals surface area contributed by atoms with Gasteiger partial charge in [0.15, 0.2) is 0 Å². The van der Waals surface area contributed by atoms with Crippen molar-refractivity contribution in [3.05, 3.63) is 0 Å². The number of amides is 2. The van der Waals surface area contributed by atoms with Gasteiger partial charge >= 0.3 is 23.9 Å². The number of hydrogen-bond donors (Lipinski definition) is 4. The van der Waals surface area contributed by atoms with Gasteiger partial charge in [0.25, 0.3) is 0 Å². The Morgan fingerprint density at radius 1 is 0.345 bits per heavy atom. The molecule has 0 aliphatic rings. The summed E-state index contributed by atoms with van der Waals surface area (Å²) in [5, 5.41) is 28.0. The summed E-state index contributed by atoms with van der Waals surface area (Å²) < 4.78 is 23.4. The summed E-state index contributed by atoms with van der Waals surface area (Å²) in [5.41, 5.74) is 0. The van der Waals surface area contributed by atoms with E-state index in [4.69, 9.17) is 18.9 Å². The maximum Gasteiger partial charge on any atom is 0.306 e. The number of hydrogen-bond acceptors (Lipinski definition) is 12. The number of nitrogens with one attached hydrogen (secondary N) is 2. The van der Waals surface area contributed by atoms with Crippen molar-refractivity contribution in [3.63, 3.8) is 0 Å². The Morgan fingerprint density at radius 2 is 0.619 bits per heavy atom. The van der Waals surface area contributed by atoms with E-state index in [1.54, 1.807) is 0 Å². The number of carbonyl (C=O) groups is 6. The molecule has 18 heteroatoms. The Morgan fingerprint density at radius 3 is 0.929 bits per heavy atom. The lowest BCUT2D eigenvalue weighted by molar-refractivity contribution is -0.870. The van der Waals surface area contributed by atoms with Gasteiger partial charge in [0.2, 0.25) is 11.8 Å². The Hall–Kier alpha value is -2.76. The molecule has 0 fully saturated rings. The van der Waals surface area contributed by atoms with Gasteiger partial charge in [0.1, 0.15) is 38.5 Å². The number of aliphatic hydroxyl groups is 2. The van der Waals surface area contributed by atoms with Gasteiger partial charge in [0, 0.05) is 51.6 Å². The topological polar surface area (TPSA) is 204 Å². The molecule has 4 N–H and O–H groups in total. The molecule has 498 valence electrons. The van der Waals surface area contributed by atoms with Gasteiger partial charge in [-0.1, -0.05) is 168 Å². The number of esters is 4. The SMILES string of the molecule is CCCCCC(OC(=O)CCCC(=O)OCC[N+](C)(C)C)C(O)CCCCCCCCCCC(=O)NCCCCCCCCCCNC(=O)CCCCCCCCCCC(O)C(CCCCC)OC(=O)CCCC(=O)OCC[N+](C)(C)C.[Cl-].[Cl-]. The first-order chi connectivity index (χ1) is 39.3. The summed E-state index contributed by atoms with van der Waals surface area (Å²) in [5.74, 6) is -0.995. The predicted octanol–water partition coefficient (Wildman–Crippen LogP) is 6.70. The van der Waals surface area contributed by atoms with E-state index in [9.17, 15) is 39.0 Å². The minimum atomic E-state index is -0.677. The van der Waals surface area contributed by atoms with Crippen LogP contribution in [-0.4, -0.2) is 161 Å². The summed E-state index contributed by atoms with van der Waals surface area (Å²) in [6, 6.07) is 0. The van der Waals surface area contributed by atoms with Gasteiger partial charge in [-0.15, -0.1) is 0 Å². The number of quaternary nitrogens is 2. The second-order valence-corrected chi connectivity index (χ2v) is 25.6. The van der Waals surface area contributed by atoms with Crippen LogP contribution in [0, 0.1) is 0 Å². The third-order valence-corrected chi connectivity index (χ3v) is 15.2. The van der Waals surface area contributed by atoms with Crippen molar-refractivity contribution in [1.29, 1.82) is 0 Å². The first-order valence-electron chi connectivity index (χ1n) is 33.5. The van der Waals surface area contributed by atoms with E-state index in [1.165, 1.54) is 25.7 Å². The average molecular weight is 1240 g/mol. The normalized spacial score (nSPS) is 12.9. The monoisotopic (exact) mass is 1240 g/mol. The third-order valence-electron chi connectivity index (χ3n) is 15.2. The lowest BCUT2D eigenvalue weighted by Crippen LogP contribution is -3.00. The van der Waals surface area contributed by atoms with Crippen LogP contribution >= 0.6 is 0 Å². The average Bonchev–Trinajstić information content (AvgIpc) is 3.42. The van der Waals surface area contributed by atoms with Crippen molar-refractivity contribution in [2.45, 2.75) is 308 Å². The van der Waals surface area contributed by atoms with Crippen LogP contribution in [0.5, 0.6) is 0 Å². The van der Waals surface area contributed by atoms with E-state index in [-0.39, 0.29) is 86.2 Å². The van der Waals surface area contributed by atoms with E-state index in [2.05, 4.69) is 24.5 Å². The van der Waals surface area contributed by atoms with Crippen molar-refractivity contribution in [2.75, 3.05) is 81.7 Å². The van der Waals surface area contributed by atoms with Crippen LogP contribution < -0.4 is 35.4 Å². The quantitative estimate of drug-likeness (QED) is 0.0218. The number of aliphatic hydroxyl groups excluding tert-OH is 2. The third kappa shape index (κ3) is 59.6. The minimum absolute atomic E-state index is 0. The number of likely N-dealkylation sites (N-methyl/N-ethyl adjacent to an activating group) is 2. The van der Waals surface area contributed by atoms with Crippen LogP contribution in [0.3, 0.4) is 0 Å². The van der Waals surface area contributed by atoms with Gasteiger partial charge in [0.05, 0.1) is 54.5 Å². The molecule has 0 rings (SSSR count). The fourth-order valence-corrected chi connectivity index (χ4v) is 9.79. The molecule has 4 atom stereocenters. The van der Waals surface area contributed by atoms with Crippen LogP contribution in [0.15, 0.2) is 0 Å². The molecule has 84 heavy (non-hydrogen) atoms. The summed E-state index contributed by atoms with van der Waals surface area (Å²) >= 11 is 0. The number of unbranched alkanes of at least 4 members (excludes halogenated alkanes) is 25. The molecule has 0 aromatic carbocycles. The second-order valence-electron chi connectivity index (χ2n) is 25.6. The Labute approximate surface area is 525 Å². The molecule has 0 aromatic heterocycles. The van der Waals surface area contributed by atoms with Crippen molar-refractivity contribution < 1.29 is 91.7 Å². The molecule has 0 radical (unpaired) electrons. The van der Waals surface area contributed by atoms with Gasteiger partial charge in [-0.3, -0.25) is 28.8 Å². The van der Waals surface area contributed by atoms with Crippen LogP contribution in [0.2, 0.25) is 0 Å². The highest BCUT2D eigenvalue weighted by atomic mass is 35.5. The van der Waals surface area contributed by atoms with Crippen molar-refractivity contribution in [1.82, 2.24) is 10.6 Å². The summed E-state index contributed by atoms with van der Waals surface area (Å²) in [7, 11) is 12.2. The first-order valence-corrected chi connectivity index (χ1v) is 33.5. The maximum atomic E-state index is 12.6. The first kappa shape index (κ1) is 85.4. The maximum absolute atomic E-state index is 12.6. The number of halogens is 2. The van der Waals surface area contributed by atoms with Crippen molar-refractivity contribution in [3.8, 4) is 0 Å². The molecule has 0 aliphatic carbocycles. The molecular formula is C66H128Cl2N4O12. The second kappa shape index (κ2) is 58.0. The lowest BCUT2D eigenvalue weighted by Gasteiger charge is -2.23. The van der Waals surface area contributed by atoms with Gasteiger partial charge in [-0.2, -0.15) is 0 Å². The molecule has 0 aliphatic heterocycles. The molecule has 0 bridgehead atoms. The van der Waals surface area contributed by atoms with Crippen molar-refractivity contribution >= 4 is 35.7 Å². The largest absolute Gasteiger partial charge is 1.00 e. The number of rotatable bonds is 59. The van der Waals surface area contributed by atoms with Crippen LogP contribution in [0.4, 0.5) is 0 Å². The molecule has 16 nitrogen and oxygen atoms in total. The number of ether oxygens (including phenoxy) is 4. The zero-order valence-corrected chi connectivity index (χ0v) is 56.4. The lowest BCUT2D eigenvalue weighted by atomic mass is 9.99. The Kier molecular flexibility index (Phi) is 59.0. The fourth-order valence-electron chi connectivity index (χ4n) is 9.79. The molecule has 0 saturated heterocycles. The van der Waals surface area contributed by atoms with Crippen LogP contribution in [-0.2, 0) is 47.7 Å². The van der Waals surface area contributed by atoms with Gasteiger partial charge in [-0.05, 0) is 77.0 Å². The van der Waals surface area contributed by atoms with E-state index < -0.39 is 24.4 Å². The molecule has 2 amide bonds. The van der Waals surface area contributed by atoms with Crippen LogP contribution in [0.25, 0.3) is 0 Å². The number of nitrogens with zero attached hydrogens (tertiary/aromatic N) is 2. The molecule has 0 heterocycles. The van der Waals surface area contributed by atoms with Gasteiger partial charge in [-0.25, -0.2) is 0 Å². The molecule has 4 unspecified atom stereocenters. The summed E-state index contributed by atoms with van der Waals surface area (Å²) in [4.78, 5) is 73.9. The van der Waals surface area contributed by atoms with Crippen molar-refractivity contribution in [2.24, 2.45) is 0 Å². The molecule has 0 spiro atoms. The summed E-state index contributed by atoms with van der Waals surface area (Å²) in [6.45, 7) is 7.94. The molecular weight excluding hydrogens is 1110 g/mol. The highest BCUT2D eigenvalue weighted by Crippen LogP contribution is 2.21. The zero-order chi connectivity index (χ0) is 61.0. The summed E-state index contributed by atoms with van der Waals surface area (Å²) in [6.07, 6.45) is 34.7. The van der Waals surface area contributed by atoms with Gasteiger partial charge < -0.3 is 73.6 Å². The Bertz CT molecular complexity index is 1490. The fraction of sp³-hybridized carbons (Fsp3) is 0.909. The van der Waals surface area contributed by atoms with E-state index >= 15 is 0 Å². The predicted molar refractivity (Wildman–Crippen MR) is 331 cm³/mol. The number of carbonyl (C=O) groups excluding carboxylic acids is 6. The zero-order valence-electron chi connectivity index (χ0n) is 54.9. The molecule has 0 saturated carbocycles.